The van der Waals surface area contributed by atoms with Crippen molar-refractivity contribution in [2.45, 2.75) is 20.4 Å². The fraction of sp³-hybridized carbons (Fsp3) is 0.364. The highest BCUT2D eigenvalue weighted by Gasteiger charge is 2.25. The molecule has 2 amide bonds. The maximum absolute atomic E-state index is 12.7. The Morgan fingerprint density at radius 1 is 1.00 bits per heavy atom. The number of aromatic hydroxyl groups is 1. The SMILES string of the molecule is Cc1ccc(C(=O)N2CCN(CC(=O)NCc3ccccc3)CC2)c(O)c1C. The Bertz CT molecular complexity index is 844. The average molecular weight is 381 g/mol. The first-order chi connectivity index (χ1) is 13.5. The second kappa shape index (κ2) is 8.89. The number of carbonyl (C=O) groups excluding carboxylic acids is 2. The molecule has 1 aliphatic heterocycles. The van der Waals surface area contributed by atoms with Crippen molar-refractivity contribution in [3.63, 3.8) is 0 Å². The number of hydrogen-bond acceptors (Lipinski definition) is 4. The van der Waals surface area contributed by atoms with E-state index in [9.17, 15) is 14.7 Å². The van der Waals surface area contributed by atoms with E-state index >= 15 is 0 Å². The van der Waals surface area contributed by atoms with E-state index in [0.29, 0.717) is 44.8 Å². The molecule has 2 aromatic rings. The van der Waals surface area contributed by atoms with Gasteiger partial charge in [-0.1, -0.05) is 36.4 Å². The summed E-state index contributed by atoms with van der Waals surface area (Å²) in [4.78, 5) is 28.7. The number of carbonyl (C=O) groups is 2. The first kappa shape index (κ1) is 19.9. The molecule has 0 saturated carbocycles. The number of hydrogen-bond donors (Lipinski definition) is 2. The molecule has 0 atom stereocenters. The molecule has 1 aliphatic rings. The zero-order valence-corrected chi connectivity index (χ0v) is 16.4. The van der Waals surface area contributed by atoms with Crippen LogP contribution >= 0.6 is 0 Å². The zero-order valence-electron chi connectivity index (χ0n) is 16.4. The molecule has 6 nitrogen and oxygen atoms in total. The van der Waals surface area contributed by atoms with Gasteiger partial charge in [0.15, 0.2) is 0 Å². The van der Waals surface area contributed by atoms with Crippen LogP contribution in [-0.4, -0.2) is 59.4 Å². The highest BCUT2D eigenvalue weighted by molar-refractivity contribution is 5.97. The van der Waals surface area contributed by atoms with E-state index in [-0.39, 0.29) is 17.6 Å². The summed E-state index contributed by atoms with van der Waals surface area (Å²) in [6.07, 6.45) is 0. The topological polar surface area (TPSA) is 72.9 Å². The summed E-state index contributed by atoms with van der Waals surface area (Å²) in [5.41, 5.74) is 3.11. The second-order valence-electron chi connectivity index (χ2n) is 7.23. The number of phenols is 1. The summed E-state index contributed by atoms with van der Waals surface area (Å²) in [7, 11) is 0. The Hall–Kier alpha value is -2.86. The Morgan fingerprint density at radius 2 is 1.68 bits per heavy atom. The quantitative estimate of drug-likeness (QED) is 0.832. The van der Waals surface area contributed by atoms with Crippen molar-refractivity contribution < 1.29 is 14.7 Å². The minimum absolute atomic E-state index is 0.0181. The van der Waals surface area contributed by atoms with E-state index in [0.717, 1.165) is 16.7 Å². The van der Waals surface area contributed by atoms with Crippen molar-refractivity contribution in [1.29, 1.82) is 0 Å². The molecule has 0 bridgehead atoms. The fourth-order valence-electron chi connectivity index (χ4n) is 3.31. The lowest BCUT2D eigenvalue weighted by molar-refractivity contribution is -0.122. The van der Waals surface area contributed by atoms with Gasteiger partial charge in [-0.25, -0.2) is 0 Å². The number of aryl methyl sites for hydroxylation is 1. The minimum Gasteiger partial charge on any atom is -0.507 e. The maximum atomic E-state index is 12.7. The Labute approximate surface area is 165 Å². The van der Waals surface area contributed by atoms with E-state index in [1.807, 2.05) is 55.1 Å². The van der Waals surface area contributed by atoms with Gasteiger partial charge in [-0.2, -0.15) is 0 Å². The smallest absolute Gasteiger partial charge is 0.257 e. The van der Waals surface area contributed by atoms with Crippen molar-refractivity contribution in [2.75, 3.05) is 32.7 Å². The van der Waals surface area contributed by atoms with Crippen LogP contribution in [0.15, 0.2) is 42.5 Å². The third kappa shape index (κ3) is 4.70. The number of nitrogens with one attached hydrogen (secondary N) is 1. The third-order valence-electron chi connectivity index (χ3n) is 5.29. The predicted octanol–water partition coefficient (Wildman–Crippen LogP) is 2.08. The molecule has 0 radical (unpaired) electrons. The molecule has 1 heterocycles. The highest BCUT2D eigenvalue weighted by atomic mass is 16.3. The molecule has 0 unspecified atom stereocenters. The van der Waals surface area contributed by atoms with E-state index in [1.165, 1.54) is 0 Å². The molecule has 0 spiro atoms. The summed E-state index contributed by atoms with van der Waals surface area (Å²) in [6.45, 7) is 6.91. The largest absolute Gasteiger partial charge is 0.507 e. The van der Waals surface area contributed by atoms with E-state index < -0.39 is 0 Å². The maximum Gasteiger partial charge on any atom is 0.257 e. The van der Waals surface area contributed by atoms with Gasteiger partial charge in [-0.15, -0.1) is 0 Å². The minimum atomic E-state index is -0.159. The second-order valence-corrected chi connectivity index (χ2v) is 7.23. The molecule has 3 rings (SSSR count). The normalized spacial score (nSPS) is 14.7. The lowest BCUT2D eigenvalue weighted by atomic mass is 10.0. The number of benzene rings is 2. The number of amides is 2. The van der Waals surface area contributed by atoms with Crippen LogP contribution in [0.1, 0.15) is 27.0 Å². The summed E-state index contributed by atoms with van der Waals surface area (Å²) >= 11 is 0. The molecular weight excluding hydrogens is 354 g/mol. The van der Waals surface area contributed by atoms with Crippen LogP contribution in [0.2, 0.25) is 0 Å². The van der Waals surface area contributed by atoms with Crippen LogP contribution in [0.25, 0.3) is 0 Å². The van der Waals surface area contributed by atoms with Crippen LogP contribution in [0.5, 0.6) is 5.75 Å². The molecule has 2 N–H and O–H groups in total. The van der Waals surface area contributed by atoms with Crippen LogP contribution in [0.4, 0.5) is 0 Å². The molecule has 1 fully saturated rings. The standard InChI is InChI=1S/C22H27N3O3/c1-16-8-9-19(21(27)17(16)2)22(28)25-12-10-24(11-13-25)15-20(26)23-14-18-6-4-3-5-7-18/h3-9,27H,10-15H2,1-2H3,(H,23,26). The number of piperazine rings is 1. The van der Waals surface area contributed by atoms with Crippen LogP contribution in [0.3, 0.4) is 0 Å². The predicted molar refractivity (Wildman–Crippen MR) is 108 cm³/mol. The van der Waals surface area contributed by atoms with Gasteiger partial charge < -0.3 is 15.3 Å². The van der Waals surface area contributed by atoms with Crippen LogP contribution < -0.4 is 5.32 Å². The van der Waals surface area contributed by atoms with E-state index in [4.69, 9.17) is 0 Å². The lowest BCUT2D eigenvalue weighted by Crippen LogP contribution is -2.51. The lowest BCUT2D eigenvalue weighted by Gasteiger charge is -2.34. The molecule has 0 aromatic heterocycles. The van der Waals surface area contributed by atoms with E-state index in [1.54, 1.807) is 11.0 Å². The summed E-state index contributed by atoms with van der Waals surface area (Å²) in [6, 6.07) is 13.3. The number of nitrogens with zero attached hydrogens (tertiary/aromatic N) is 2. The molecule has 0 aliphatic carbocycles. The van der Waals surface area contributed by atoms with Crippen LogP contribution in [-0.2, 0) is 11.3 Å². The van der Waals surface area contributed by atoms with Gasteiger partial charge in [0, 0.05) is 32.7 Å². The number of phenolic OH excluding ortho intramolecular Hbond substituents is 1. The first-order valence-corrected chi connectivity index (χ1v) is 9.57. The molecule has 6 heteroatoms. The van der Waals surface area contributed by atoms with Crippen molar-refractivity contribution in [3.8, 4) is 5.75 Å². The molecule has 1 saturated heterocycles. The highest BCUT2D eigenvalue weighted by Crippen LogP contribution is 2.26. The van der Waals surface area contributed by atoms with Gasteiger partial charge in [-0.05, 0) is 36.6 Å². The monoisotopic (exact) mass is 381 g/mol. The number of rotatable bonds is 5. The Kier molecular flexibility index (Phi) is 6.31. The molecule has 28 heavy (non-hydrogen) atoms. The first-order valence-electron chi connectivity index (χ1n) is 9.57. The Morgan fingerprint density at radius 3 is 2.36 bits per heavy atom. The Balaban J connectivity index is 1.48. The van der Waals surface area contributed by atoms with Gasteiger partial charge in [-0.3, -0.25) is 14.5 Å². The van der Waals surface area contributed by atoms with Gasteiger partial charge in [0.05, 0.1) is 12.1 Å². The third-order valence-corrected chi connectivity index (χ3v) is 5.29. The van der Waals surface area contributed by atoms with Gasteiger partial charge in [0.2, 0.25) is 5.91 Å². The molecular formula is C22H27N3O3. The average Bonchev–Trinajstić information content (AvgIpc) is 2.71. The summed E-state index contributed by atoms with van der Waals surface area (Å²) in [5.74, 6) is -0.114. The van der Waals surface area contributed by atoms with Crippen molar-refractivity contribution in [1.82, 2.24) is 15.1 Å². The van der Waals surface area contributed by atoms with Gasteiger partial charge in [0.25, 0.3) is 5.91 Å². The van der Waals surface area contributed by atoms with Crippen molar-refractivity contribution in [2.24, 2.45) is 0 Å². The van der Waals surface area contributed by atoms with Crippen molar-refractivity contribution in [3.05, 3.63) is 64.7 Å². The zero-order chi connectivity index (χ0) is 20.1. The van der Waals surface area contributed by atoms with Crippen LogP contribution in [0, 0.1) is 13.8 Å². The summed E-state index contributed by atoms with van der Waals surface area (Å²) < 4.78 is 0. The van der Waals surface area contributed by atoms with Gasteiger partial charge in [0.1, 0.15) is 5.75 Å². The molecule has 2 aromatic carbocycles. The van der Waals surface area contributed by atoms with E-state index in [2.05, 4.69) is 5.32 Å². The fourth-order valence-corrected chi connectivity index (χ4v) is 3.31. The summed E-state index contributed by atoms with van der Waals surface area (Å²) in [5, 5.41) is 13.2. The molecule has 148 valence electrons. The van der Waals surface area contributed by atoms with Crippen molar-refractivity contribution >= 4 is 11.8 Å². The van der Waals surface area contributed by atoms with Gasteiger partial charge >= 0.3 is 0 Å².